The van der Waals surface area contributed by atoms with Crippen molar-refractivity contribution in [1.29, 1.82) is 0 Å². The molecule has 2 rings (SSSR count). The second-order valence-corrected chi connectivity index (χ2v) is 5.64. The van der Waals surface area contributed by atoms with Gasteiger partial charge < -0.3 is 5.73 Å². The van der Waals surface area contributed by atoms with Gasteiger partial charge in [0, 0.05) is 0 Å². The molecule has 1 saturated carbocycles. The summed E-state index contributed by atoms with van der Waals surface area (Å²) in [6, 6.07) is 0.421. The normalized spacial score (nSPS) is 20.9. The molecular formula is C10H16IN3. The minimum absolute atomic E-state index is 0.421. The van der Waals surface area contributed by atoms with Crippen LogP contribution in [-0.4, -0.2) is 9.78 Å². The zero-order valence-corrected chi connectivity index (χ0v) is 11.0. The Labute approximate surface area is 98.2 Å². The van der Waals surface area contributed by atoms with Gasteiger partial charge in [0.2, 0.25) is 0 Å². The number of aryl methyl sites for hydroxylation is 1. The van der Waals surface area contributed by atoms with E-state index in [1.165, 1.54) is 12.8 Å². The van der Waals surface area contributed by atoms with Gasteiger partial charge in [-0.25, -0.2) is 4.68 Å². The van der Waals surface area contributed by atoms with E-state index < -0.39 is 0 Å². The molecule has 1 heterocycles. The van der Waals surface area contributed by atoms with Gasteiger partial charge in [0.1, 0.15) is 5.82 Å². The first-order valence-electron chi connectivity index (χ1n) is 4.96. The van der Waals surface area contributed by atoms with E-state index in [4.69, 9.17) is 5.73 Å². The molecular weight excluding hydrogens is 289 g/mol. The van der Waals surface area contributed by atoms with Crippen LogP contribution < -0.4 is 5.73 Å². The molecule has 0 aliphatic heterocycles. The average Bonchev–Trinajstić information content (AvgIpc) is 2.85. The van der Waals surface area contributed by atoms with Crippen molar-refractivity contribution >= 4 is 28.4 Å². The summed E-state index contributed by atoms with van der Waals surface area (Å²) in [6.07, 6.45) is 2.59. The van der Waals surface area contributed by atoms with Gasteiger partial charge in [0.05, 0.1) is 15.3 Å². The fraction of sp³-hybridized carbons (Fsp3) is 0.700. The Hall–Kier alpha value is -0.260. The molecule has 1 aliphatic carbocycles. The highest BCUT2D eigenvalue weighted by Gasteiger charge is 2.44. The molecule has 3 nitrogen and oxygen atoms in total. The zero-order valence-electron chi connectivity index (χ0n) is 8.84. The number of rotatable bonds is 2. The van der Waals surface area contributed by atoms with Gasteiger partial charge in [0.15, 0.2) is 0 Å². The minimum Gasteiger partial charge on any atom is -0.383 e. The summed E-state index contributed by atoms with van der Waals surface area (Å²) in [7, 11) is 0. The second-order valence-electron chi connectivity index (χ2n) is 4.56. The number of nitrogens with two attached hydrogens (primary N) is 1. The standard InChI is InChI=1S/C10H16IN3/c1-6-8(11)9(12)14(13-6)7(2)10(3)4-5-10/h7H,4-5,12H2,1-3H3. The predicted molar refractivity (Wildman–Crippen MR) is 66.1 cm³/mol. The molecule has 14 heavy (non-hydrogen) atoms. The number of hydrogen-bond acceptors (Lipinski definition) is 2. The van der Waals surface area contributed by atoms with Crippen LogP contribution in [0.15, 0.2) is 0 Å². The molecule has 1 atom stereocenters. The molecule has 1 fully saturated rings. The molecule has 0 saturated heterocycles. The van der Waals surface area contributed by atoms with Gasteiger partial charge in [0.25, 0.3) is 0 Å². The third kappa shape index (κ3) is 1.43. The Balaban J connectivity index is 2.36. The number of aromatic nitrogens is 2. The molecule has 1 aromatic heterocycles. The Morgan fingerprint density at radius 3 is 2.50 bits per heavy atom. The predicted octanol–water partition coefficient (Wildman–Crippen LogP) is 2.74. The molecule has 4 heteroatoms. The Bertz CT molecular complexity index is 366. The molecule has 0 amide bonds. The maximum absolute atomic E-state index is 6.02. The van der Waals surface area contributed by atoms with Crippen LogP contribution in [0.4, 0.5) is 5.82 Å². The van der Waals surface area contributed by atoms with Gasteiger partial charge in [-0.2, -0.15) is 5.10 Å². The minimum atomic E-state index is 0.421. The highest BCUT2D eigenvalue weighted by molar-refractivity contribution is 14.1. The van der Waals surface area contributed by atoms with E-state index in [0.29, 0.717) is 11.5 Å². The van der Waals surface area contributed by atoms with Crippen LogP contribution in [0.1, 0.15) is 38.4 Å². The summed E-state index contributed by atoms with van der Waals surface area (Å²) in [5, 5.41) is 4.50. The molecule has 1 aromatic rings. The number of nitrogen functional groups attached to an aromatic ring is 1. The lowest BCUT2D eigenvalue weighted by atomic mass is 10.0. The molecule has 1 unspecified atom stereocenters. The van der Waals surface area contributed by atoms with Crippen LogP contribution in [0.2, 0.25) is 0 Å². The Morgan fingerprint density at radius 2 is 2.14 bits per heavy atom. The molecule has 0 aromatic carbocycles. The van der Waals surface area contributed by atoms with Crippen LogP contribution in [-0.2, 0) is 0 Å². The lowest BCUT2D eigenvalue weighted by Gasteiger charge is -2.20. The fourth-order valence-corrected chi connectivity index (χ4v) is 2.11. The number of halogens is 1. The van der Waals surface area contributed by atoms with Crippen molar-refractivity contribution in [3.8, 4) is 0 Å². The van der Waals surface area contributed by atoms with Crippen molar-refractivity contribution in [2.75, 3.05) is 5.73 Å². The van der Waals surface area contributed by atoms with E-state index in [0.717, 1.165) is 15.1 Å². The first-order valence-corrected chi connectivity index (χ1v) is 6.03. The highest BCUT2D eigenvalue weighted by Crippen LogP contribution is 2.54. The Kier molecular flexibility index (Phi) is 2.28. The molecule has 0 radical (unpaired) electrons. The van der Waals surface area contributed by atoms with Crippen molar-refractivity contribution in [3.05, 3.63) is 9.26 Å². The molecule has 1 aliphatic rings. The van der Waals surface area contributed by atoms with E-state index in [2.05, 4.69) is 41.5 Å². The first-order chi connectivity index (χ1) is 6.46. The molecule has 78 valence electrons. The highest BCUT2D eigenvalue weighted by atomic mass is 127. The van der Waals surface area contributed by atoms with Crippen molar-refractivity contribution in [2.24, 2.45) is 5.41 Å². The van der Waals surface area contributed by atoms with Crippen molar-refractivity contribution in [3.63, 3.8) is 0 Å². The summed E-state index contributed by atoms with van der Waals surface area (Å²) >= 11 is 2.26. The lowest BCUT2D eigenvalue weighted by Crippen LogP contribution is -2.18. The summed E-state index contributed by atoms with van der Waals surface area (Å²) in [5.74, 6) is 0.823. The summed E-state index contributed by atoms with van der Waals surface area (Å²) in [4.78, 5) is 0. The van der Waals surface area contributed by atoms with E-state index in [1.807, 2.05) is 11.6 Å². The largest absolute Gasteiger partial charge is 0.383 e. The maximum atomic E-state index is 6.02. The monoisotopic (exact) mass is 305 g/mol. The zero-order chi connectivity index (χ0) is 10.5. The van der Waals surface area contributed by atoms with Gasteiger partial charge in [-0.05, 0) is 54.7 Å². The molecule has 0 spiro atoms. The average molecular weight is 305 g/mol. The van der Waals surface area contributed by atoms with E-state index >= 15 is 0 Å². The quantitative estimate of drug-likeness (QED) is 0.854. The molecule has 2 N–H and O–H groups in total. The van der Waals surface area contributed by atoms with Crippen molar-refractivity contribution in [1.82, 2.24) is 9.78 Å². The topological polar surface area (TPSA) is 43.8 Å². The number of hydrogen-bond donors (Lipinski definition) is 1. The van der Waals surface area contributed by atoms with E-state index in [-0.39, 0.29) is 0 Å². The maximum Gasteiger partial charge on any atom is 0.135 e. The van der Waals surface area contributed by atoms with Gasteiger partial charge in [-0.1, -0.05) is 6.92 Å². The van der Waals surface area contributed by atoms with Crippen LogP contribution in [0.3, 0.4) is 0 Å². The summed E-state index contributed by atoms with van der Waals surface area (Å²) in [5.41, 5.74) is 7.49. The van der Waals surface area contributed by atoms with Crippen molar-refractivity contribution < 1.29 is 0 Å². The third-order valence-electron chi connectivity index (χ3n) is 3.46. The van der Waals surface area contributed by atoms with Crippen LogP contribution in [0, 0.1) is 15.9 Å². The fourth-order valence-electron chi connectivity index (χ4n) is 1.75. The second kappa shape index (κ2) is 3.12. The van der Waals surface area contributed by atoms with Gasteiger partial charge >= 0.3 is 0 Å². The summed E-state index contributed by atoms with van der Waals surface area (Å²) in [6.45, 7) is 6.53. The van der Waals surface area contributed by atoms with Crippen LogP contribution >= 0.6 is 22.6 Å². The van der Waals surface area contributed by atoms with Crippen LogP contribution in [0.5, 0.6) is 0 Å². The lowest BCUT2D eigenvalue weighted by molar-refractivity contribution is 0.334. The van der Waals surface area contributed by atoms with Crippen molar-refractivity contribution in [2.45, 2.75) is 39.7 Å². The van der Waals surface area contributed by atoms with Crippen LogP contribution in [0.25, 0.3) is 0 Å². The SMILES string of the molecule is Cc1nn(C(C)C2(C)CC2)c(N)c1I. The smallest absolute Gasteiger partial charge is 0.135 e. The molecule has 0 bridgehead atoms. The number of anilines is 1. The Morgan fingerprint density at radius 1 is 1.57 bits per heavy atom. The van der Waals surface area contributed by atoms with E-state index in [9.17, 15) is 0 Å². The van der Waals surface area contributed by atoms with E-state index in [1.54, 1.807) is 0 Å². The van der Waals surface area contributed by atoms with Gasteiger partial charge in [-0.3, -0.25) is 0 Å². The summed E-state index contributed by atoms with van der Waals surface area (Å²) < 4.78 is 3.09. The third-order valence-corrected chi connectivity index (χ3v) is 4.79. The first kappa shape index (κ1) is 10.3. The van der Waals surface area contributed by atoms with Gasteiger partial charge in [-0.15, -0.1) is 0 Å². The number of nitrogens with zero attached hydrogens (tertiary/aromatic N) is 2.